The molecule has 4 nitrogen and oxygen atoms in total. The van der Waals surface area contributed by atoms with Crippen LogP contribution in [0.4, 0.5) is 4.79 Å². The number of hydrogen-bond donors (Lipinski definition) is 1. The Morgan fingerprint density at radius 2 is 2.00 bits per heavy atom. The van der Waals surface area contributed by atoms with Crippen LogP contribution in [0.25, 0.3) is 0 Å². The molecule has 1 aliphatic rings. The molecule has 20 heavy (non-hydrogen) atoms. The van der Waals surface area contributed by atoms with Gasteiger partial charge >= 0.3 is 6.03 Å². The van der Waals surface area contributed by atoms with Gasteiger partial charge in [-0.1, -0.05) is 42.6 Å². The lowest BCUT2D eigenvalue weighted by atomic mass is 9.92. The second-order valence-corrected chi connectivity index (χ2v) is 5.83. The van der Waals surface area contributed by atoms with E-state index in [1.165, 1.54) is 4.90 Å². The Hall–Kier alpha value is -1.26. The highest BCUT2D eigenvalue weighted by atomic mass is 35.5. The standard InChI is InChI=1S/C14H16Cl2N2O2/c1-3-4-7-18-12(19)14(2,17-13(18)20)10-6-5-9(15)8-11(10)16/h5-6,8H,3-4,7H2,1-2H3,(H,17,20). The number of rotatable bonds is 4. The summed E-state index contributed by atoms with van der Waals surface area (Å²) in [5.41, 5.74) is -0.576. The molecule has 1 N–H and O–H groups in total. The number of urea groups is 1. The molecule has 3 amide bonds. The van der Waals surface area contributed by atoms with E-state index in [-0.39, 0.29) is 11.9 Å². The number of amides is 3. The van der Waals surface area contributed by atoms with Crippen LogP contribution >= 0.6 is 23.2 Å². The molecule has 1 saturated heterocycles. The van der Waals surface area contributed by atoms with Gasteiger partial charge in [0.2, 0.25) is 0 Å². The van der Waals surface area contributed by atoms with Crippen LogP contribution in [0.3, 0.4) is 0 Å². The molecule has 0 spiro atoms. The zero-order chi connectivity index (χ0) is 14.9. The Balaban J connectivity index is 2.35. The van der Waals surface area contributed by atoms with Gasteiger partial charge in [-0.3, -0.25) is 9.69 Å². The van der Waals surface area contributed by atoms with Crippen molar-refractivity contribution >= 4 is 35.1 Å². The minimum atomic E-state index is -1.13. The number of benzene rings is 1. The van der Waals surface area contributed by atoms with E-state index in [0.29, 0.717) is 22.2 Å². The van der Waals surface area contributed by atoms with E-state index >= 15 is 0 Å². The third-order valence-corrected chi connectivity index (χ3v) is 4.03. The van der Waals surface area contributed by atoms with Crippen molar-refractivity contribution in [3.63, 3.8) is 0 Å². The van der Waals surface area contributed by atoms with E-state index in [2.05, 4.69) is 5.32 Å². The molecular weight excluding hydrogens is 299 g/mol. The Labute approximate surface area is 128 Å². The predicted molar refractivity (Wildman–Crippen MR) is 79.0 cm³/mol. The minimum absolute atomic E-state index is 0.278. The van der Waals surface area contributed by atoms with Gasteiger partial charge in [0.25, 0.3) is 5.91 Å². The van der Waals surface area contributed by atoms with E-state index in [0.717, 1.165) is 12.8 Å². The van der Waals surface area contributed by atoms with Crippen LogP contribution in [-0.4, -0.2) is 23.4 Å². The van der Waals surface area contributed by atoms with Gasteiger partial charge in [0.05, 0.1) is 0 Å². The summed E-state index contributed by atoms with van der Waals surface area (Å²) in [5.74, 6) is -0.278. The van der Waals surface area contributed by atoms with E-state index < -0.39 is 5.54 Å². The van der Waals surface area contributed by atoms with Crippen molar-refractivity contribution in [3.8, 4) is 0 Å². The van der Waals surface area contributed by atoms with Crippen molar-refractivity contribution in [2.45, 2.75) is 32.2 Å². The van der Waals surface area contributed by atoms with Gasteiger partial charge in [0.15, 0.2) is 0 Å². The van der Waals surface area contributed by atoms with Crippen LogP contribution in [-0.2, 0) is 10.3 Å². The molecule has 2 rings (SSSR count). The van der Waals surface area contributed by atoms with E-state index in [1.807, 2.05) is 6.92 Å². The van der Waals surface area contributed by atoms with Gasteiger partial charge in [-0.25, -0.2) is 4.79 Å². The quantitative estimate of drug-likeness (QED) is 0.864. The fourth-order valence-electron chi connectivity index (χ4n) is 2.29. The molecule has 0 aliphatic carbocycles. The molecule has 1 fully saturated rings. The minimum Gasteiger partial charge on any atom is -0.319 e. The first-order valence-corrected chi connectivity index (χ1v) is 7.25. The normalized spacial score (nSPS) is 22.3. The predicted octanol–water partition coefficient (Wildman–Crippen LogP) is 3.56. The van der Waals surface area contributed by atoms with Gasteiger partial charge in [-0.2, -0.15) is 0 Å². The fourth-order valence-corrected chi connectivity index (χ4v) is 2.89. The summed E-state index contributed by atoms with van der Waals surface area (Å²) < 4.78 is 0. The molecule has 1 aromatic rings. The molecule has 1 heterocycles. The number of nitrogens with zero attached hydrogens (tertiary/aromatic N) is 1. The average Bonchev–Trinajstić information content (AvgIpc) is 2.59. The second kappa shape index (κ2) is 5.62. The second-order valence-electron chi connectivity index (χ2n) is 4.99. The summed E-state index contributed by atoms with van der Waals surface area (Å²) in [6.07, 6.45) is 1.69. The first-order valence-electron chi connectivity index (χ1n) is 6.49. The topological polar surface area (TPSA) is 49.4 Å². The Bertz CT molecular complexity index is 562. The third kappa shape index (κ3) is 2.50. The summed E-state index contributed by atoms with van der Waals surface area (Å²) in [4.78, 5) is 25.8. The maximum absolute atomic E-state index is 12.5. The summed E-state index contributed by atoms with van der Waals surface area (Å²) >= 11 is 12.0. The van der Waals surface area contributed by atoms with Crippen molar-refractivity contribution in [2.75, 3.05) is 6.54 Å². The number of nitrogens with one attached hydrogen (secondary N) is 1. The number of imide groups is 1. The fraction of sp³-hybridized carbons (Fsp3) is 0.429. The molecule has 1 aromatic carbocycles. The van der Waals surface area contributed by atoms with Crippen molar-refractivity contribution in [3.05, 3.63) is 33.8 Å². The Kier molecular flexibility index (Phi) is 4.25. The zero-order valence-corrected chi connectivity index (χ0v) is 12.9. The highest BCUT2D eigenvalue weighted by molar-refractivity contribution is 6.35. The monoisotopic (exact) mass is 314 g/mol. The van der Waals surface area contributed by atoms with Gasteiger partial charge < -0.3 is 5.32 Å². The average molecular weight is 315 g/mol. The van der Waals surface area contributed by atoms with E-state index in [1.54, 1.807) is 25.1 Å². The van der Waals surface area contributed by atoms with Crippen molar-refractivity contribution < 1.29 is 9.59 Å². The molecule has 0 saturated carbocycles. The zero-order valence-electron chi connectivity index (χ0n) is 11.4. The molecule has 0 bridgehead atoms. The lowest BCUT2D eigenvalue weighted by molar-refractivity contribution is -0.131. The van der Waals surface area contributed by atoms with Crippen LogP contribution in [0.15, 0.2) is 18.2 Å². The smallest absolute Gasteiger partial charge is 0.319 e. The molecule has 0 aromatic heterocycles. The summed E-state index contributed by atoms with van der Waals surface area (Å²) in [6, 6.07) is 4.52. The van der Waals surface area contributed by atoms with Crippen LogP contribution in [0.1, 0.15) is 32.3 Å². The lowest BCUT2D eigenvalue weighted by Gasteiger charge is -2.23. The number of hydrogen-bond acceptors (Lipinski definition) is 2. The van der Waals surface area contributed by atoms with Gasteiger partial charge in [0, 0.05) is 22.2 Å². The molecule has 108 valence electrons. The van der Waals surface area contributed by atoms with Gasteiger partial charge in [-0.15, -0.1) is 0 Å². The SMILES string of the molecule is CCCCN1C(=O)NC(C)(c2ccc(Cl)cc2Cl)C1=O. The molecule has 1 atom stereocenters. The third-order valence-electron chi connectivity index (χ3n) is 3.48. The summed E-state index contributed by atoms with van der Waals surface area (Å²) in [6.45, 7) is 4.09. The van der Waals surface area contributed by atoms with Gasteiger partial charge in [-0.05, 0) is 25.5 Å². The first-order chi connectivity index (χ1) is 9.40. The number of halogens is 2. The highest BCUT2D eigenvalue weighted by Gasteiger charge is 2.49. The summed E-state index contributed by atoms with van der Waals surface area (Å²) in [5, 5.41) is 3.58. The maximum atomic E-state index is 12.5. The molecule has 6 heteroatoms. The van der Waals surface area contributed by atoms with Crippen LogP contribution < -0.4 is 5.32 Å². The number of carbonyl (C=O) groups excluding carboxylic acids is 2. The number of carbonyl (C=O) groups is 2. The first kappa shape index (κ1) is 15.1. The van der Waals surface area contributed by atoms with E-state index in [4.69, 9.17) is 23.2 Å². The maximum Gasteiger partial charge on any atom is 0.325 e. The highest BCUT2D eigenvalue weighted by Crippen LogP contribution is 2.34. The largest absolute Gasteiger partial charge is 0.325 e. The van der Waals surface area contributed by atoms with Crippen LogP contribution in [0, 0.1) is 0 Å². The van der Waals surface area contributed by atoms with Crippen molar-refractivity contribution in [1.82, 2.24) is 10.2 Å². The Morgan fingerprint density at radius 1 is 1.30 bits per heavy atom. The number of unbranched alkanes of at least 4 members (excludes halogenated alkanes) is 1. The molecule has 0 radical (unpaired) electrons. The molecule has 1 aliphatic heterocycles. The van der Waals surface area contributed by atoms with Crippen LogP contribution in [0.5, 0.6) is 0 Å². The lowest BCUT2D eigenvalue weighted by Crippen LogP contribution is -2.41. The van der Waals surface area contributed by atoms with Crippen molar-refractivity contribution in [1.29, 1.82) is 0 Å². The van der Waals surface area contributed by atoms with Gasteiger partial charge in [0.1, 0.15) is 5.54 Å². The van der Waals surface area contributed by atoms with Crippen LogP contribution in [0.2, 0.25) is 10.0 Å². The molecule has 1 unspecified atom stereocenters. The Morgan fingerprint density at radius 3 is 2.60 bits per heavy atom. The summed E-state index contributed by atoms with van der Waals surface area (Å²) in [7, 11) is 0. The molecular formula is C14H16Cl2N2O2. The van der Waals surface area contributed by atoms with E-state index in [9.17, 15) is 9.59 Å². The van der Waals surface area contributed by atoms with Crippen molar-refractivity contribution in [2.24, 2.45) is 0 Å².